The number of aromatic nitrogens is 2. The van der Waals surface area contributed by atoms with Gasteiger partial charge in [0.2, 0.25) is 5.91 Å². The largest absolute Gasteiger partial charge is 0.493 e. The van der Waals surface area contributed by atoms with Crippen LogP contribution in [0.5, 0.6) is 11.5 Å². The third-order valence-corrected chi connectivity index (χ3v) is 10.9. The fraction of sp³-hybridized carbons (Fsp3) is 0.633. The molecule has 7 aliphatic rings. The summed E-state index contributed by atoms with van der Waals surface area (Å²) in [5.74, 6) is 3.44. The fourth-order valence-corrected chi connectivity index (χ4v) is 9.20. The van der Waals surface area contributed by atoms with Crippen LogP contribution in [0.15, 0.2) is 24.5 Å². The Labute approximate surface area is 218 Å². The van der Waals surface area contributed by atoms with Gasteiger partial charge >= 0.3 is 0 Å². The predicted molar refractivity (Wildman–Crippen MR) is 138 cm³/mol. The number of methoxy groups -OCH3 is 1. The maximum atomic E-state index is 13.8. The lowest BCUT2D eigenvalue weighted by Gasteiger charge is -2.66. The van der Waals surface area contributed by atoms with Gasteiger partial charge in [0.15, 0.2) is 11.5 Å². The van der Waals surface area contributed by atoms with E-state index in [2.05, 4.69) is 31.9 Å². The van der Waals surface area contributed by atoms with Crippen molar-refractivity contribution in [2.75, 3.05) is 26.7 Å². The van der Waals surface area contributed by atoms with E-state index in [1.54, 1.807) is 19.5 Å². The van der Waals surface area contributed by atoms with E-state index in [0.717, 1.165) is 61.8 Å². The summed E-state index contributed by atoms with van der Waals surface area (Å²) in [6.07, 6.45) is 12.1. The van der Waals surface area contributed by atoms with Crippen molar-refractivity contribution in [3.8, 4) is 11.5 Å². The van der Waals surface area contributed by atoms with Gasteiger partial charge in [-0.2, -0.15) is 0 Å². The van der Waals surface area contributed by atoms with E-state index < -0.39 is 0 Å². The Hall–Kier alpha value is -2.67. The fourth-order valence-electron chi connectivity index (χ4n) is 9.20. The van der Waals surface area contributed by atoms with Crippen molar-refractivity contribution in [3.05, 3.63) is 47.0 Å². The van der Waals surface area contributed by atoms with Gasteiger partial charge in [-0.15, -0.1) is 0 Å². The van der Waals surface area contributed by atoms with E-state index in [9.17, 15) is 4.79 Å². The lowest BCUT2D eigenvalue weighted by molar-refractivity contribution is -0.143. The quantitative estimate of drug-likeness (QED) is 0.627. The van der Waals surface area contributed by atoms with Crippen molar-refractivity contribution >= 4 is 5.91 Å². The molecule has 0 N–H and O–H groups in total. The van der Waals surface area contributed by atoms with Gasteiger partial charge in [0.1, 0.15) is 11.9 Å². The molecule has 3 aliphatic carbocycles. The molecule has 7 nitrogen and oxygen atoms in total. The summed E-state index contributed by atoms with van der Waals surface area (Å²) in [6, 6.07) is 5.01. The Morgan fingerprint density at radius 1 is 1.14 bits per heavy atom. The van der Waals surface area contributed by atoms with Crippen molar-refractivity contribution in [2.45, 2.75) is 81.9 Å². The normalized spacial score (nSPS) is 35.1. The molecule has 4 aliphatic heterocycles. The van der Waals surface area contributed by atoms with E-state index in [4.69, 9.17) is 9.47 Å². The van der Waals surface area contributed by atoms with E-state index in [1.165, 1.54) is 36.9 Å². The highest BCUT2D eigenvalue weighted by molar-refractivity contribution is 5.79. The molecule has 2 saturated carbocycles. The van der Waals surface area contributed by atoms with Crippen molar-refractivity contribution in [3.63, 3.8) is 0 Å². The first-order chi connectivity index (χ1) is 18.0. The number of likely N-dealkylation sites (tertiary alicyclic amines) is 1. The molecule has 5 heterocycles. The Morgan fingerprint density at radius 3 is 2.76 bits per heavy atom. The van der Waals surface area contributed by atoms with Gasteiger partial charge in [-0.05, 0) is 81.5 Å². The Bertz CT molecular complexity index is 1280. The van der Waals surface area contributed by atoms with Gasteiger partial charge in [0.05, 0.1) is 19.6 Å². The highest BCUT2D eigenvalue weighted by atomic mass is 16.5. The second kappa shape index (κ2) is 7.68. The average Bonchev–Trinajstić information content (AvgIpc) is 3.69. The minimum atomic E-state index is -0.0342. The topological polar surface area (TPSA) is 67.8 Å². The average molecular weight is 501 g/mol. The zero-order valence-corrected chi connectivity index (χ0v) is 21.9. The van der Waals surface area contributed by atoms with Gasteiger partial charge in [-0.3, -0.25) is 9.69 Å². The summed E-state index contributed by atoms with van der Waals surface area (Å²) in [7, 11) is 1.75. The van der Waals surface area contributed by atoms with Gasteiger partial charge in [-0.1, -0.05) is 6.07 Å². The van der Waals surface area contributed by atoms with Crippen LogP contribution in [0.3, 0.4) is 0 Å². The van der Waals surface area contributed by atoms with E-state index in [1.807, 2.05) is 6.92 Å². The number of carbonyl (C=O) groups is 1. The van der Waals surface area contributed by atoms with Crippen LogP contribution in [-0.4, -0.2) is 70.6 Å². The third-order valence-electron chi connectivity index (χ3n) is 10.9. The summed E-state index contributed by atoms with van der Waals surface area (Å²) >= 11 is 0. The van der Waals surface area contributed by atoms with Crippen LogP contribution in [0.1, 0.15) is 61.0 Å². The van der Waals surface area contributed by atoms with Crippen molar-refractivity contribution < 1.29 is 14.3 Å². The molecule has 37 heavy (non-hydrogen) atoms. The number of carbonyl (C=O) groups excluding carboxylic acids is 1. The number of hydrogen-bond acceptors (Lipinski definition) is 6. The molecule has 9 rings (SSSR count). The van der Waals surface area contributed by atoms with Crippen LogP contribution in [0.4, 0.5) is 0 Å². The summed E-state index contributed by atoms with van der Waals surface area (Å²) in [5.41, 5.74) is 4.00. The number of rotatable bonds is 5. The van der Waals surface area contributed by atoms with Gasteiger partial charge in [-0.25, -0.2) is 9.97 Å². The summed E-state index contributed by atoms with van der Waals surface area (Å²) in [5, 5.41) is 0. The zero-order valence-electron chi connectivity index (χ0n) is 21.9. The monoisotopic (exact) mass is 500 g/mol. The van der Waals surface area contributed by atoms with Crippen LogP contribution in [0, 0.1) is 18.3 Å². The molecule has 4 bridgehead atoms. The third kappa shape index (κ3) is 2.89. The lowest BCUT2D eigenvalue weighted by atomic mass is 9.42. The first-order valence-corrected chi connectivity index (χ1v) is 14.2. The first-order valence-electron chi connectivity index (χ1n) is 14.2. The summed E-state index contributed by atoms with van der Waals surface area (Å²) < 4.78 is 12.9. The first kappa shape index (κ1) is 22.3. The number of nitrogens with zero attached hydrogens (tertiary/aromatic N) is 4. The standard InChI is InChI=1S/C30H36N4O3/c1-18-15-31-24(32-16-18)14-25(35)34-12-9-29-8-7-21(34)28-30(29)10-11-33(17-19-3-4-19)23(29)13-20-5-6-22(36-2)27(37-28)26(20)30/h5-6,15-16,19,21,23,28H,3-4,7-14,17H2,1-2H3/t21-,23-,28+,29-,30+/m1/s1. The van der Waals surface area contributed by atoms with Gasteiger partial charge < -0.3 is 14.4 Å². The van der Waals surface area contributed by atoms with Crippen molar-refractivity contribution in [1.29, 1.82) is 0 Å². The molecule has 0 radical (unpaired) electrons. The van der Waals surface area contributed by atoms with Gasteiger partial charge in [0, 0.05) is 47.9 Å². The smallest absolute Gasteiger partial charge is 0.230 e. The van der Waals surface area contributed by atoms with Gasteiger partial charge in [0.25, 0.3) is 0 Å². The number of ether oxygens (including phenoxy) is 2. The Balaban J connectivity index is 1.23. The molecule has 0 unspecified atom stereocenters. The van der Waals surface area contributed by atoms with Crippen LogP contribution >= 0.6 is 0 Å². The molecule has 2 aromatic rings. The highest BCUT2D eigenvalue weighted by Crippen LogP contribution is 2.71. The van der Waals surface area contributed by atoms with Crippen LogP contribution in [0.25, 0.3) is 0 Å². The molecule has 5 atom stereocenters. The number of piperidine rings is 1. The molecular formula is C30H36N4O3. The van der Waals surface area contributed by atoms with Crippen LogP contribution < -0.4 is 9.47 Å². The molecule has 1 amide bonds. The number of fused-ring (bicyclic) bond motifs is 3. The zero-order chi connectivity index (χ0) is 24.9. The number of benzene rings is 1. The summed E-state index contributed by atoms with van der Waals surface area (Å²) in [4.78, 5) is 27.7. The molecular weight excluding hydrogens is 464 g/mol. The predicted octanol–water partition coefficient (Wildman–Crippen LogP) is 3.46. The molecule has 5 fully saturated rings. The molecule has 3 saturated heterocycles. The van der Waals surface area contributed by atoms with Crippen LogP contribution in [-0.2, 0) is 23.1 Å². The van der Waals surface area contributed by atoms with Crippen LogP contribution in [0.2, 0.25) is 0 Å². The minimum absolute atomic E-state index is 0.0115. The Kier molecular flexibility index (Phi) is 4.64. The van der Waals surface area contributed by atoms with E-state index in [-0.39, 0.29) is 35.3 Å². The maximum Gasteiger partial charge on any atom is 0.230 e. The molecule has 7 heteroatoms. The number of hydrogen-bond donors (Lipinski definition) is 0. The van der Waals surface area contributed by atoms with Crippen molar-refractivity contribution in [1.82, 2.24) is 19.8 Å². The SMILES string of the molecule is COc1ccc2c3c1O[C@H]1[C@H]4CC[C@@]5(CCN4C(=O)Cc4ncc(C)cn4)[C@@H](C2)N(CC2CC2)CC[C@]315. The number of amides is 1. The van der Waals surface area contributed by atoms with E-state index in [0.29, 0.717) is 11.9 Å². The van der Waals surface area contributed by atoms with E-state index >= 15 is 0 Å². The lowest BCUT2D eigenvalue weighted by Crippen LogP contribution is -2.72. The molecule has 1 aromatic carbocycles. The highest BCUT2D eigenvalue weighted by Gasteiger charge is 2.74. The molecule has 1 aromatic heterocycles. The minimum Gasteiger partial charge on any atom is -0.493 e. The summed E-state index contributed by atoms with van der Waals surface area (Å²) in [6.45, 7) is 5.15. The molecule has 2 spiro atoms. The second-order valence-electron chi connectivity index (χ2n) is 12.5. The number of aryl methyl sites for hydroxylation is 1. The molecule has 194 valence electrons. The Morgan fingerprint density at radius 2 is 1.97 bits per heavy atom. The second-order valence-corrected chi connectivity index (χ2v) is 12.5. The maximum absolute atomic E-state index is 13.8. The van der Waals surface area contributed by atoms with Crippen molar-refractivity contribution in [2.24, 2.45) is 11.3 Å².